The molecular formula is C8H13F3N2O. The Morgan fingerprint density at radius 2 is 2.21 bits per heavy atom. The molecule has 1 saturated heterocycles. The molecule has 0 aromatic carbocycles. The van der Waals surface area contributed by atoms with E-state index in [0.29, 0.717) is 12.6 Å². The Morgan fingerprint density at radius 1 is 1.57 bits per heavy atom. The van der Waals surface area contributed by atoms with Gasteiger partial charge in [-0.15, -0.1) is 0 Å². The first-order valence-corrected chi connectivity index (χ1v) is 4.48. The summed E-state index contributed by atoms with van der Waals surface area (Å²) in [6.07, 6.45) is -3.96. The Bertz CT molecular complexity index is 217. The van der Waals surface area contributed by atoms with Gasteiger partial charge in [-0.05, 0) is 25.8 Å². The topological polar surface area (TPSA) is 41.1 Å². The van der Waals surface area contributed by atoms with Crippen LogP contribution in [-0.2, 0) is 4.79 Å². The lowest BCUT2D eigenvalue weighted by Gasteiger charge is -2.11. The summed E-state index contributed by atoms with van der Waals surface area (Å²) in [5, 5.41) is 4.98. The number of halogens is 3. The SMILES string of the molecule is CC1CC(CNC(=O)C(F)(F)F)CN1. The van der Waals surface area contributed by atoms with Gasteiger partial charge < -0.3 is 10.6 Å². The van der Waals surface area contributed by atoms with Crippen molar-refractivity contribution in [3.05, 3.63) is 0 Å². The average Bonchev–Trinajstić information content (AvgIpc) is 2.45. The van der Waals surface area contributed by atoms with Crippen molar-refractivity contribution >= 4 is 5.91 Å². The monoisotopic (exact) mass is 210 g/mol. The lowest BCUT2D eigenvalue weighted by atomic mass is 10.1. The molecule has 6 heteroatoms. The number of hydrogen-bond donors (Lipinski definition) is 2. The van der Waals surface area contributed by atoms with Crippen LogP contribution in [0.1, 0.15) is 13.3 Å². The summed E-state index contributed by atoms with van der Waals surface area (Å²) in [7, 11) is 0. The number of nitrogens with one attached hydrogen (secondary N) is 2. The van der Waals surface area contributed by atoms with Crippen molar-refractivity contribution in [1.82, 2.24) is 10.6 Å². The molecule has 1 fully saturated rings. The van der Waals surface area contributed by atoms with E-state index in [1.165, 1.54) is 0 Å². The zero-order valence-corrected chi connectivity index (χ0v) is 7.82. The molecule has 0 radical (unpaired) electrons. The highest BCUT2D eigenvalue weighted by molar-refractivity contribution is 5.81. The van der Waals surface area contributed by atoms with Crippen LogP contribution in [0.5, 0.6) is 0 Å². The van der Waals surface area contributed by atoms with Gasteiger partial charge in [0.1, 0.15) is 0 Å². The van der Waals surface area contributed by atoms with E-state index in [2.05, 4.69) is 5.32 Å². The fraction of sp³-hybridized carbons (Fsp3) is 0.875. The van der Waals surface area contributed by atoms with Crippen molar-refractivity contribution in [2.75, 3.05) is 13.1 Å². The van der Waals surface area contributed by atoms with Crippen molar-refractivity contribution in [1.29, 1.82) is 0 Å². The third-order valence-electron chi connectivity index (χ3n) is 2.25. The fourth-order valence-corrected chi connectivity index (χ4v) is 1.53. The highest BCUT2D eigenvalue weighted by Gasteiger charge is 2.38. The predicted molar refractivity (Wildman–Crippen MR) is 44.6 cm³/mol. The van der Waals surface area contributed by atoms with Crippen LogP contribution < -0.4 is 10.6 Å². The normalized spacial score (nSPS) is 27.7. The Kier molecular flexibility index (Phi) is 3.36. The number of alkyl halides is 3. The molecule has 82 valence electrons. The quantitative estimate of drug-likeness (QED) is 0.703. The second kappa shape index (κ2) is 4.16. The van der Waals surface area contributed by atoms with E-state index in [1.54, 1.807) is 0 Å². The summed E-state index contributed by atoms with van der Waals surface area (Å²) >= 11 is 0. The van der Waals surface area contributed by atoms with E-state index in [0.717, 1.165) is 6.42 Å². The molecule has 0 spiro atoms. The minimum absolute atomic E-state index is 0.0929. The Morgan fingerprint density at radius 3 is 2.64 bits per heavy atom. The van der Waals surface area contributed by atoms with Gasteiger partial charge in [-0.2, -0.15) is 13.2 Å². The fourth-order valence-electron chi connectivity index (χ4n) is 1.53. The summed E-state index contributed by atoms with van der Waals surface area (Å²) in [6.45, 7) is 2.72. The Labute approximate surface area is 80.0 Å². The van der Waals surface area contributed by atoms with Gasteiger partial charge in [-0.25, -0.2) is 0 Å². The molecule has 0 saturated carbocycles. The van der Waals surface area contributed by atoms with Gasteiger partial charge in [0, 0.05) is 12.6 Å². The van der Waals surface area contributed by atoms with Crippen LogP contribution in [0.4, 0.5) is 13.2 Å². The lowest BCUT2D eigenvalue weighted by Crippen LogP contribution is -2.39. The maximum absolute atomic E-state index is 11.8. The van der Waals surface area contributed by atoms with Gasteiger partial charge >= 0.3 is 12.1 Å². The first-order chi connectivity index (χ1) is 6.39. The van der Waals surface area contributed by atoms with Crippen molar-refractivity contribution in [2.24, 2.45) is 5.92 Å². The molecule has 1 amide bonds. The maximum Gasteiger partial charge on any atom is 0.471 e. The lowest BCUT2D eigenvalue weighted by molar-refractivity contribution is -0.173. The van der Waals surface area contributed by atoms with Gasteiger partial charge in [0.25, 0.3) is 0 Å². The van der Waals surface area contributed by atoms with Gasteiger partial charge in [0.2, 0.25) is 0 Å². The summed E-state index contributed by atoms with van der Waals surface area (Å²) in [5.41, 5.74) is 0. The minimum Gasteiger partial charge on any atom is -0.348 e. The molecule has 0 aliphatic carbocycles. The first kappa shape index (κ1) is 11.3. The second-order valence-electron chi connectivity index (χ2n) is 3.62. The molecule has 2 atom stereocenters. The van der Waals surface area contributed by atoms with Crippen LogP contribution in [0.2, 0.25) is 0 Å². The smallest absolute Gasteiger partial charge is 0.348 e. The third-order valence-corrected chi connectivity index (χ3v) is 2.25. The molecule has 1 aliphatic rings. The standard InChI is InChI=1S/C8H13F3N2O/c1-5-2-6(3-12-5)4-13-7(14)8(9,10)11/h5-6,12H,2-4H2,1H3,(H,13,14). The van der Waals surface area contributed by atoms with Crippen LogP contribution in [0.3, 0.4) is 0 Å². The van der Waals surface area contributed by atoms with E-state index in [4.69, 9.17) is 0 Å². The van der Waals surface area contributed by atoms with E-state index >= 15 is 0 Å². The second-order valence-corrected chi connectivity index (χ2v) is 3.62. The van der Waals surface area contributed by atoms with Gasteiger partial charge in [0.15, 0.2) is 0 Å². The van der Waals surface area contributed by atoms with Gasteiger partial charge in [0.05, 0.1) is 0 Å². The summed E-state index contributed by atoms with van der Waals surface area (Å²) < 4.78 is 35.3. The van der Waals surface area contributed by atoms with Crippen LogP contribution in [-0.4, -0.2) is 31.2 Å². The van der Waals surface area contributed by atoms with Gasteiger partial charge in [-0.1, -0.05) is 0 Å². The van der Waals surface area contributed by atoms with E-state index in [1.807, 2.05) is 12.2 Å². The van der Waals surface area contributed by atoms with Crippen LogP contribution in [0.25, 0.3) is 0 Å². The number of hydrogen-bond acceptors (Lipinski definition) is 2. The van der Waals surface area contributed by atoms with E-state index in [9.17, 15) is 18.0 Å². The molecule has 2 N–H and O–H groups in total. The molecule has 0 aromatic heterocycles. The largest absolute Gasteiger partial charge is 0.471 e. The number of rotatable bonds is 2. The number of carbonyl (C=O) groups is 1. The van der Waals surface area contributed by atoms with Crippen molar-refractivity contribution in [3.8, 4) is 0 Å². The number of amides is 1. The van der Waals surface area contributed by atoms with Crippen molar-refractivity contribution in [2.45, 2.75) is 25.6 Å². The van der Waals surface area contributed by atoms with Crippen LogP contribution in [0.15, 0.2) is 0 Å². The molecule has 0 bridgehead atoms. The zero-order valence-electron chi connectivity index (χ0n) is 7.82. The molecule has 14 heavy (non-hydrogen) atoms. The maximum atomic E-state index is 11.8. The highest BCUT2D eigenvalue weighted by Crippen LogP contribution is 2.16. The zero-order chi connectivity index (χ0) is 10.8. The molecule has 1 heterocycles. The predicted octanol–water partition coefficient (Wildman–Crippen LogP) is 0.663. The average molecular weight is 210 g/mol. The molecule has 0 aromatic rings. The Balaban J connectivity index is 2.24. The van der Waals surface area contributed by atoms with Gasteiger partial charge in [-0.3, -0.25) is 4.79 Å². The molecule has 2 unspecified atom stereocenters. The molecule has 1 rings (SSSR count). The first-order valence-electron chi connectivity index (χ1n) is 4.48. The molecular weight excluding hydrogens is 197 g/mol. The van der Waals surface area contributed by atoms with E-state index in [-0.39, 0.29) is 12.5 Å². The summed E-state index contributed by atoms with van der Waals surface area (Å²) in [4.78, 5) is 10.4. The Hall–Kier alpha value is -0.780. The summed E-state index contributed by atoms with van der Waals surface area (Å²) in [5.74, 6) is -1.74. The molecule has 3 nitrogen and oxygen atoms in total. The summed E-state index contributed by atoms with van der Waals surface area (Å²) in [6, 6.07) is 0.322. The minimum atomic E-state index is -4.77. The van der Waals surface area contributed by atoms with Crippen molar-refractivity contribution in [3.63, 3.8) is 0 Å². The number of carbonyl (C=O) groups excluding carboxylic acids is 1. The van der Waals surface area contributed by atoms with Crippen LogP contribution in [0, 0.1) is 5.92 Å². The molecule has 1 aliphatic heterocycles. The van der Waals surface area contributed by atoms with Crippen LogP contribution >= 0.6 is 0 Å². The van der Waals surface area contributed by atoms with Crippen molar-refractivity contribution < 1.29 is 18.0 Å². The van der Waals surface area contributed by atoms with E-state index < -0.39 is 12.1 Å². The highest BCUT2D eigenvalue weighted by atomic mass is 19.4. The third kappa shape index (κ3) is 3.17.